The minimum absolute atomic E-state index is 1.08. The lowest BCUT2D eigenvalue weighted by Crippen LogP contribution is -2.44. The first-order valence-electron chi connectivity index (χ1n) is 10.3. The summed E-state index contributed by atoms with van der Waals surface area (Å²) in [4.78, 5) is 9.76. The minimum atomic E-state index is 1.08. The highest BCUT2D eigenvalue weighted by molar-refractivity contribution is 5.47. The molecule has 4 rings (SSSR count). The summed E-state index contributed by atoms with van der Waals surface area (Å²) in [5.74, 6) is 0. The van der Waals surface area contributed by atoms with Crippen molar-refractivity contribution >= 4 is 11.4 Å². The molecule has 0 unspecified atom stereocenters. The smallest absolute Gasteiger partial charge is 0.0367 e. The second-order valence-corrected chi connectivity index (χ2v) is 7.40. The van der Waals surface area contributed by atoms with Crippen LogP contribution in [-0.4, -0.2) is 62.2 Å². The summed E-state index contributed by atoms with van der Waals surface area (Å²) in [7, 11) is 0. The first kappa shape index (κ1) is 18.5. The zero-order valence-electron chi connectivity index (χ0n) is 16.5. The normalized spacial score (nSPS) is 18.4. The van der Waals surface area contributed by atoms with E-state index in [-0.39, 0.29) is 0 Å². The summed E-state index contributed by atoms with van der Waals surface area (Å²) < 4.78 is 0. The van der Waals surface area contributed by atoms with Crippen LogP contribution in [0, 0.1) is 0 Å². The van der Waals surface area contributed by atoms with Crippen LogP contribution >= 0.6 is 0 Å². The number of rotatable bonds is 5. The van der Waals surface area contributed by atoms with Gasteiger partial charge in [0.2, 0.25) is 0 Å². The van der Waals surface area contributed by atoms with E-state index in [1.807, 2.05) is 0 Å². The molecule has 0 aromatic heterocycles. The maximum Gasteiger partial charge on any atom is 0.0367 e. The molecular formula is C24H30N4. The molecule has 2 aliphatic heterocycles. The first-order chi connectivity index (χ1) is 13.9. The lowest BCUT2D eigenvalue weighted by Gasteiger charge is -2.36. The van der Waals surface area contributed by atoms with Crippen LogP contribution in [0.4, 0.5) is 11.4 Å². The van der Waals surface area contributed by atoms with Gasteiger partial charge in [0, 0.05) is 63.7 Å². The Morgan fingerprint density at radius 1 is 0.464 bits per heavy atom. The maximum atomic E-state index is 2.46. The molecule has 2 aromatic carbocycles. The Kier molecular flexibility index (Phi) is 6.18. The van der Waals surface area contributed by atoms with Crippen LogP contribution in [0.2, 0.25) is 0 Å². The number of piperazine rings is 2. The lowest BCUT2D eigenvalue weighted by molar-refractivity contribution is 0.346. The number of nitrogens with zero attached hydrogens (tertiary/aromatic N) is 4. The van der Waals surface area contributed by atoms with Crippen LogP contribution in [0.25, 0.3) is 0 Å². The number of para-hydroxylation sites is 2. The van der Waals surface area contributed by atoms with E-state index in [0.717, 1.165) is 52.4 Å². The molecule has 0 amide bonds. The Hall–Kier alpha value is -2.88. The highest BCUT2D eigenvalue weighted by Gasteiger charge is 2.15. The van der Waals surface area contributed by atoms with Crippen molar-refractivity contribution in [2.75, 3.05) is 62.2 Å². The lowest BCUT2D eigenvalue weighted by atomic mass is 10.2. The largest absolute Gasteiger partial charge is 0.374 e. The zero-order chi connectivity index (χ0) is 19.0. The molecule has 28 heavy (non-hydrogen) atoms. The number of benzene rings is 2. The van der Waals surface area contributed by atoms with E-state index in [9.17, 15) is 0 Å². The molecule has 146 valence electrons. The Balaban J connectivity index is 1.18. The van der Waals surface area contributed by atoms with Crippen LogP contribution in [-0.2, 0) is 0 Å². The van der Waals surface area contributed by atoms with E-state index >= 15 is 0 Å². The molecule has 0 bridgehead atoms. The van der Waals surface area contributed by atoms with Crippen LogP contribution in [0.5, 0.6) is 0 Å². The molecule has 0 N–H and O–H groups in total. The van der Waals surface area contributed by atoms with Gasteiger partial charge in [-0.25, -0.2) is 0 Å². The topological polar surface area (TPSA) is 13.0 Å². The van der Waals surface area contributed by atoms with Gasteiger partial charge in [-0.2, -0.15) is 0 Å². The van der Waals surface area contributed by atoms with Gasteiger partial charge in [-0.05, 0) is 48.8 Å². The van der Waals surface area contributed by atoms with Crippen molar-refractivity contribution in [3.8, 4) is 0 Å². The summed E-state index contributed by atoms with van der Waals surface area (Å²) in [6, 6.07) is 21.4. The van der Waals surface area contributed by atoms with Crippen LogP contribution in [0.1, 0.15) is 0 Å². The van der Waals surface area contributed by atoms with Gasteiger partial charge in [0.1, 0.15) is 0 Å². The minimum Gasteiger partial charge on any atom is -0.374 e. The van der Waals surface area contributed by atoms with Crippen molar-refractivity contribution in [1.29, 1.82) is 0 Å². The predicted molar refractivity (Wildman–Crippen MR) is 119 cm³/mol. The molecule has 0 radical (unpaired) electrons. The number of allylic oxidation sites excluding steroid dienone is 2. The van der Waals surface area contributed by atoms with Crippen molar-refractivity contribution in [2.45, 2.75) is 0 Å². The van der Waals surface area contributed by atoms with E-state index in [0.29, 0.717) is 0 Å². The molecule has 2 fully saturated rings. The molecule has 2 heterocycles. The van der Waals surface area contributed by atoms with Crippen molar-refractivity contribution in [2.24, 2.45) is 0 Å². The average molecular weight is 375 g/mol. The first-order valence-corrected chi connectivity index (χ1v) is 10.3. The number of anilines is 2. The van der Waals surface area contributed by atoms with Crippen molar-refractivity contribution in [3.63, 3.8) is 0 Å². The van der Waals surface area contributed by atoms with Gasteiger partial charge in [0.05, 0.1) is 0 Å². The van der Waals surface area contributed by atoms with E-state index in [2.05, 4.69) is 105 Å². The summed E-state index contributed by atoms with van der Waals surface area (Å²) in [6.45, 7) is 8.64. The van der Waals surface area contributed by atoms with Gasteiger partial charge < -0.3 is 19.6 Å². The summed E-state index contributed by atoms with van der Waals surface area (Å²) in [5.41, 5.74) is 2.67. The second-order valence-electron chi connectivity index (χ2n) is 7.40. The van der Waals surface area contributed by atoms with Crippen LogP contribution in [0.15, 0.2) is 85.2 Å². The van der Waals surface area contributed by atoms with Gasteiger partial charge in [0.25, 0.3) is 0 Å². The third-order valence-corrected chi connectivity index (χ3v) is 5.58. The summed E-state index contributed by atoms with van der Waals surface area (Å²) in [6.07, 6.45) is 8.83. The molecule has 0 spiro atoms. The monoisotopic (exact) mass is 374 g/mol. The summed E-state index contributed by atoms with van der Waals surface area (Å²) in [5, 5.41) is 0. The summed E-state index contributed by atoms with van der Waals surface area (Å²) >= 11 is 0. The third kappa shape index (κ3) is 4.89. The quantitative estimate of drug-likeness (QED) is 0.741. The molecule has 2 aromatic rings. The molecule has 0 saturated carbocycles. The number of hydrogen-bond donors (Lipinski definition) is 0. The van der Waals surface area contributed by atoms with Crippen molar-refractivity contribution < 1.29 is 0 Å². The van der Waals surface area contributed by atoms with E-state index < -0.39 is 0 Å². The van der Waals surface area contributed by atoms with Gasteiger partial charge in [-0.15, -0.1) is 0 Å². The van der Waals surface area contributed by atoms with E-state index in [1.54, 1.807) is 0 Å². The van der Waals surface area contributed by atoms with Gasteiger partial charge in [0.15, 0.2) is 0 Å². The van der Waals surface area contributed by atoms with Gasteiger partial charge in [-0.1, -0.05) is 36.4 Å². The van der Waals surface area contributed by atoms with Gasteiger partial charge >= 0.3 is 0 Å². The van der Waals surface area contributed by atoms with Crippen molar-refractivity contribution in [3.05, 3.63) is 85.2 Å². The number of hydrogen-bond acceptors (Lipinski definition) is 4. The predicted octanol–water partition coefficient (Wildman–Crippen LogP) is 3.66. The standard InChI is InChI=1S/C24H30N4/c1-3-9-23(10-4-1)27-19-15-25(16-20-27)13-7-8-14-26-17-21-28(22-18-26)24-11-5-2-6-12-24/h1-14H,15-22H2/b13-7+,14-8+. The molecule has 4 heteroatoms. The Morgan fingerprint density at radius 3 is 1.18 bits per heavy atom. The maximum absolute atomic E-state index is 2.46. The molecule has 2 aliphatic rings. The average Bonchev–Trinajstić information content (AvgIpc) is 2.79. The molecule has 0 aliphatic carbocycles. The van der Waals surface area contributed by atoms with E-state index in [1.165, 1.54) is 11.4 Å². The Bertz CT molecular complexity index is 688. The van der Waals surface area contributed by atoms with E-state index in [4.69, 9.17) is 0 Å². The highest BCUT2D eigenvalue weighted by atomic mass is 15.3. The van der Waals surface area contributed by atoms with Crippen LogP contribution in [0.3, 0.4) is 0 Å². The van der Waals surface area contributed by atoms with Crippen LogP contribution < -0.4 is 9.80 Å². The SMILES string of the molecule is C(/C=C/N1CCN(c2ccccc2)CC1)=C\N1CCN(c2ccccc2)CC1. The van der Waals surface area contributed by atoms with Crippen molar-refractivity contribution in [1.82, 2.24) is 9.80 Å². The molecule has 0 atom stereocenters. The Morgan fingerprint density at radius 2 is 0.821 bits per heavy atom. The van der Waals surface area contributed by atoms with Gasteiger partial charge in [-0.3, -0.25) is 0 Å². The Labute approximate surface area is 169 Å². The third-order valence-electron chi connectivity index (χ3n) is 5.58. The second kappa shape index (κ2) is 9.36. The fraction of sp³-hybridized carbons (Fsp3) is 0.333. The highest BCUT2D eigenvalue weighted by Crippen LogP contribution is 2.16. The molecule has 2 saturated heterocycles. The zero-order valence-corrected chi connectivity index (χ0v) is 16.5. The molecule has 4 nitrogen and oxygen atoms in total. The fourth-order valence-electron chi connectivity index (χ4n) is 3.88. The fourth-order valence-corrected chi connectivity index (χ4v) is 3.88. The molecular weight excluding hydrogens is 344 g/mol.